The third-order valence-electron chi connectivity index (χ3n) is 2.33. The van der Waals surface area contributed by atoms with E-state index in [1.54, 1.807) is 25.1 Å². The predicted octanol–water partition coefficient (Wildman–Crippen LogP) is 2.42. The van der Waals surface area contributed by atoms with E-state index in [0.29, 0.717) is 11.4 Å². The van der Waals surface area contributed by atoms with E-state index < -0.39 is 0 Å². The van der Waals surface area contributed by atoms with Gasteiger partial charge in [-0.25, -0.2) is 5.53 Å². The van der Waals surface area contributed by atoms with Crippen molar-refractivity contribution in [2.75, 3.05) is 26.5 Å². The lowest BCUT2D eigenvalue weighted by molar-refractivity contribution is -0.139. The third kappa shape index (κ3) is 5.75. The quantitative estimate of drug-likeness (QED) is 0.437. The summed E-state index contributed by atoms with van der Waals surface area (Å²) in [7, 11) is 2.94. The second-order valence-electron chi connectivity index (χ2n) is 3.67. The van der Waals surface area contributed by atoms with Crippen molar-refractivity contribution in [1.82, 2.24) is 5.32 Å². The van der Waals surface area contributed by atoms with Crippen LogP contribution in [0.2, 0.25) is 0 Å². The highest BCUT2D eigenvalue weighted by Crippen LogP contribution is 2.23. The summed E-state index contributed by atoms with van der Waals surface area (Å²) in [5.74, 6) is 0.965. The van der Waals surface area contributed by atoms with E-state index in [1.165, 1.54) is 7.11 Å². The van der Waals surface area contributed by atoms with Crippen molar-refractivity contribution in [3.05, 3.63) is 36.2 Å². The highest BCUT2D eigenvalue weighted by atomic mass is 32.2. The molecule has 1 aromatic rings. The van der Waals surface area contributed by atoms with Crippen LogP contribution in [-0.4, -0.2) is 32.5 Å². The van der Waals surface area contributed by atoms with Gasteiger partial charge in [-0.1, -0.05) is 0 Å². The summed E-state index contributed by atoms with van der Waals surface area (Å²) < 4.78 is 9.57. The number of carbonyl (C=O) groups excluding carboxylic acids is 1. The minimum Gasteiger partial charge on any atom is -0.497 e. The predicted molar refractivity (Wildman–Crippen MR) is 77.0 cm³/mol. The maximum Gasteiger partial charge on any atom is 0.325 e. The number of methoxy groups -OCH3 is 2. The number of hydrogen-bond donors (Lipinski definition) is 2. The molecule has 1 rings (SSSR count). The van der Waals surface area contributed by atoms with E-state index in [-0.39, 0.29) is 12.5 Å². The van der Waals surface area contributed by atoms with Gasteiger partial charge in [0.15, 0.2) is 0 Å². The van der Waals surface area contributed by atoms with Crippen molar-refractivity contribution >= 4 is 17.7 Å². The molecule has 0 radical (unpaired) electrons. The van der Waals surface area contributed by atoms with Crippen LogP contribution in [0.3, 0.4) is 0 Å². The highest BCUT2D eigenvalue weighted by Gasteiger charge is 2.01. The van der Waals surface area contributed by atoms with Crippen LogP contribution in [0.5, 0.6) is 5.75 Å². The Morgan fingerprint density at radius 1 is 1.40 bits per heavy atom. The van der Waals surface area contributed by atoms with Crippen molar-refractivity contribution in [3.63, 3.8) is 0 Å². The lowest BCUT2D eigenvalue weighted by Crippen LogP contribution is -2.19. The van der Waals surface area contributed by atoms with Crippen LogP contribution in [-0.2, 0) is 9.53 Å². The average Bonchev–Trinajstić information content (AvgIpc) is 2.50. The molecule has 1 aromatic carbocycles. The third-order valence-corrected chi connectivity index (χ3v) is 3.38. The van der Waals surface area contributed by atoms with Crippen LogP contribution < -0.4 is 10.1 Å². The number of esters is 1. The molecule has 6 nitrogen and oxygen atoms in total. The molecular weight excluding hydrogens is 278 g/mol. The Hall–Kier alpha value is -2.02. The summed E-state index contributed by atoms with van der Waals surface area (Å²) in [6.07, 6.45) is 1.54. The second-order valence-corrected chi connectivity index (χ2v) is 4.72. The summed E-state index contributed by atoms with van der Waals surface area (Å²) in [4.78, 5) is 12.0. The molecule has 0 aliphatic rings. The van der Waals surface area contributed by atoms with Crippen LogP contribution in [0, 0.1) is 5.53 Å². The Morgan fingerprint density at radius 3 is 2.65 bits per heavy atom. The molecule has 0 amide bonds. The van der Waals surface area contributed by atoms with E-state index in [9.17, 15) is 4.79 Å². The SMILES string of the molecule is COC(=O)CN/C=C(/CSc1ccc(OC)cc1)N=N. The van der Waals surface area contributed by atoms with Gasteiger partial charge in [-0.2, -0.15) is 5.11 Å². The Kier molecular flexibility index (Phi) is 7.20. The van der Waals surface area contributed by atoms with E-state index in [0.717, 1.165) is 10.6 Å². The van der Waals surface area contributed by atoms with Gasteiger partial charge in [0.25, 0.3) is 0 Å². The molecule has 0 heterocycles. The van der Waals surface area contributed by atoms with Crippen LogP contribution in [0.1, 0.15) is 0 Å². The van der Waals surface area contributed by atoms with Gasteiger partial charge in [-0.15, -0.1) is 11.8 Å². The maximum atomic E-state index is 10.9. The molecular formula is C13H17N3O3S. The Balaban J connectivity index is 2.45. The van der Waals surface area contributed by atoms with E-state index in [1.807, 2.05) is 24.3 Å². The van der Waals surface area contributed by atoms with Gasteiger partial charge in [0, 0.05) is 16.8 Å². The summed E-state index contributed by atoms with van der Waals surface area (Å²) in [6.45, 7) is 0.0583. The fourth-order valence-electron chi connectivity index (χ4n) is 1.26. The van der Waals surface area contributed by atoms with Crippen molar-refractivity contribution in [3.8, 4) is 5.75 Å². The summed E-state index contributed by atoms with van der Waals surface area (Å²) in [6, 6.07) is 7.62. The number of benzene rings is 1. The lowest BCUT2D eigenvalue weighted by atomic mass is 10.3. The maximum absolute atomic E-state index is 10.9. The van der Waals surface area contributed by atoms with Crippen LogP contribution in [0.25, 0.3) is 0 Å². The summed E-state index contributed by atoms with van der Waals surface area (Å²) in [5, 5.41) is 6.17. The first-order valence-corrected chi connectivity index (χ1v) is 6.81. The number of thioether (sulfide) groups is 1. The lowest BCUT2D eigenvalue weighted by Gasteiger charge is -2.04. The molecule has 0 aliphatic heterocycles. The molecule has 0 saturated heterocycles. The van der Waals surface area contributed by atoms with Crippen LogP contribution >= 0.6 is 11.8 Å². The van der Waals surface area contributed by atoms with Gasteiger partial charge in [0.1, 0.15) is 12.3 Å². The van der Waals surface area contributed by atoms with Crippen molar-refractivity contribution in [2.24, 2.45) is 5.11 Å². The fraction of sp³-hybridized carbons (Fsp3) is 0.308. The topological polar surface area (TPSA) is 83.8 Å². The molecule has 20 heavy (non-hydrogen) atoms. The van der Waals surface area contributed by atoms with E-state index in [4.69, 9.17) is 10.3 Å². The number of rotatable bonds is 8. The highest BCUT2D eigenvalue weighted by molar-refractivity contribution is 7.99. The average molecular weight is 295 g/mol. The molecule has 7 heteroatoms. The minimum atomic E-state index is -0.367. The molecule has 0 fully saturated rings. The molecule has 2 N–H and O–H groups in total. The number of hydrogen-bond acceptors (Lipinski definition) is 7. The van der Waals surface area contributed by atoms with Crippen molar-refractivity contribution < 1.29 is 14.3 Å². The Bertz CT molecular complexity index is 474. The molecule has 0 atom stereocenters. The standard InChI is InChI=1S/C13H17N3O3S/c1-18-11-3-5-12(6-4-11)20-9-10(16-14)7-15-8-13(17)19-2/h3-7,14-15H,8-9H2,1-2H3/b10-7-,16-14?. The van der Waals surface area contributed by atoms with Gasteiger partial charge in [0.2, 0.25) is 0 Å². The molecule has 0 aliphatic carbocycles. The molecule has 0 unspecified atom stereocenters. The van der Waals surface area contributed by atoms with Gasteiger partial charge >= 0.3 is 5.97 Å². The van der Waals surface area contributed by atoms with Crippen LogP contribution in [0.15, 0.2) is 46.2 Å². The first kappa shape index (κ1) is 16.0. The molecule has 0 saturated carbocycles. The smallest absolute Gasteiger partial charge is 0.325 e. The number of ether oxygens (including phenoxy) is 2. The molecule has 0 aromatic heterocycles. The second kappa shape index (κ2) is 8.98. The number of nitrogens with one attached hydrogen (secondary N) is 2. The normalized spacial score (nSPS) is 10.8. The zero-order valence-corrected chi connectivity index (χ0v) is 12.2. The van der Waals surface area contributed by atoms with Crippen LogP contribution in [0.4, 0.5) is 0 Å². The zero-order chi connectivity index (χ0) is 14.8. The first-order valence-electron chi connectivity index (χ1n) is 5.83. The van der Waals surface area contributed by atoms with Crippen molar-refractivity contribution in [2.45, 2.75) is 4.90 Å². The minimum absolute atomic E-state index is 0.0583. The molecule has 0 bridgehead atoms. The Labute approximate surface area is 122 Å². The monoisotopic (exact) mass is 295 g/mol. The molecule has 0 spiro atoms. The van der Waals surface area contributed by atoms with E-state index in [2.05, 4.69) is 15.2 Å². The van der Waals surface area contributed by atoms with Crippen molar-refractivity contribution in [1.29, 1.82) is 5.53 Å². The fourth-order valence-corrected chi connectivity index (χ4v) is 2.05. The number of nitrogens with zero attached hydrogens (tertiary/aromatic N) is 1. The van der Waals surface area contributed by atoms with Gasteiger partial charge < -0.3 is 14.8 Å². The van der Waals surface area contributed by atoms with Gasteiger partial charge in [-0.3, -0.25) is 4.79 Å². The summed E-state index contributed by atoms with van der Waals surface area (Å²) >= 11 is 1.54. The summed E-state index contributed by atoms with van der Waals surface area (Å²) in [5.41, 5.74) is 7.62. The Morgan fingerprint density at radius 2 is 2.10 bits per heavy atom. The molecule has 108 valence electrons. The van der Waals surface area contributed by atoms with E-state index >= 15 is 0 Å². The largest absolute Gasteiger partial charge is 0.497 e. The first-order chi connectivity index (χ1) is 9.69. The van der Waals surface area contributed by atoms with Gasteiger partial charge in [0.05, 0.1) is 19.9 Å². The zero-order valence-electron chi connectivity index (χ0n) is 11.4. The van der Waals surface area contributed by atoms with Gasteiger partial charge in [-0.05, 0) is 24.3 Å². The number of carbonyl (C=O) groups is 1.